The number of nitrogens with zero attached hydrogens (tertiary/aromatic N) is 1. The fraction of sp³-hybridized carbons (Fsp3) is 0.571. The van der Waals surface area contributed by atoms with E-state index in [-0.39, 0.29) is 23.5 Å². The van der Waals surface area contributed by atoms with E-state index >= 15 is 0 Å². The number of nitro benzene ring substituents is 1. The first-order valence-corrected chi connectivity index (χ1v) is 6.69. The molecule has 0 spiro atoms. The van der Waals surface area contributed by atoms with Gasteiger partial charge < -0.3 is 15.2 Å². The van der Waals surface area contributed by atoms with E-state index in [1.807, 2.05) is 13.8 Å². The monoisotopic (exact) mass is 282 g/mol. The lowest BCUT2D eigenvalue weighted by Gasteiger charge is -2.30. The van der Waals surface area contributed by atoms with Crippen LogP contribution in [0, 0.1) is 15.5 Å². The minimum Gasteiger partial charge on any atom is -0.490 e. The van der Waals surface area contributed by atoms with E-state index in [9.17, 15) is 15.2 Å². The number of nitro groups is 1. The van der Waals surface area contributed by atoms with Gasteiger partial charge in [-0.3, -0.25) is 10.1 Å². The third-order valence-corrected chi connectivity index (χ3v) is 3.88. The van der Waals surface area contributed by atoms with Crippen molar-refractivity contribution in [3.05, 3.63) is 28.3 Å². The van der Waals surface area contributed by atoms with Crippen LogP contribution in [-0.2, 0) is 0 Å². The number of rotatable bonds is 8. The SMILES string of the molecule is CCC(CC)(CO)CNc1ccc(OC)c([N+](=O)[O-])c1. The van der Waals surface area contributed by atoms with Crippen LogP contribution in [0.2, 0.25) is 0 Å². The summed E-state index contributed by atoms with van der Waals surface area (Å²) in [5.74, 6) is 0.236. The zero-order valence-corrected chi connectivity index (χ0v) is 12.2. The first-order valence-electron chi connectivity index (χ1n) is 6.69. The maximum Gasteiger partial charge on any atom is 0.312 e. The maximum atomic E-state index is 11.0. The molecule has 0 aromatic heterocycles. The van der Waals surface area contributed by atoms with Crippen molar-refractivity contribution < 1.29 is 14.8 Å². The lowest BCUT2D eigenvalue weighted by atomic mass is 9.83. The molecule has 0 atom stereocenters. The number of aliphatic hydroxyl groups excluding tert-OH is 1. The van der Waals surface area contributed by atoms with Crippen LogP contribution in [-0.4, -0.2) is 30.3 Å². The number of hydrogen-bond donors (Lipinski definition) is 2. The average Bonchev–Trinajstić information content (AvgIpc) is 2.49. The Balaban J connectivity index is 2.88. The summed E-state index contributed by atoms with van der Waals surface area (Å²) in [4.78, 5) is 10.5. The standard InChI is InChI=1S/C14H22N2O4/c1-4-14(5-2,10-17)9-15-11-6-7-13(20-3)12(8-11)16(18)19/h6-8,15,17H,4-5,9-10H2,1-3H3. The van der Waals surface area contributed by atoms with Crippen LogP contribution in [0.4, 0.5) is 11.4 Å². The van der Waals surface area contributed by atoms with Gasteiger partial charge in [-0.05, 0) is 25.0 Å². The molecule has 0 heterocycles. The van der Waals surface area contributed by atoms with Crippen molar-refractivity contribution in [2.24, 2.45) is 5.41 Å². The number of aliphatic hydroxyl groups is 1. The second-order valence-corrected chi connectivity index (χ2v) is 4.86. The molecule has 0 amide bonds. The molecular weight excluding hydrogens is 260 g/mol. The Labute approximate surface area is 118 Å². The molecule has 0 fully saturated rings. The summed E-state index contributed by atoms with van der Waals surface area (Å²) in [6.07, 6.45) is 1.68. The minimum atomic E-state index is -0.469. The van der Waals surface area contributed by atoms with Gasteiger partial charge in [0.15, 0.2) is 5.75 Å². The Bertz CT molecular complexity index is 450. The van der Waals surface area contributed by atoms with Crippen molar-refractivity contribution in [1.82, 2.24) is 0 Å². The van der Waals surface area contributed by atoms with Crippen molar-refractivity contribution in [3.63, 3.8) is 0 Å². The topological polar surface area (TPSA) is 84.6 Å². The van der Waals surface area contributed by atoms with Crippen molar-refractivity contribution >= 4 is 11.4 Å². The van der Waals surface area contributed by atoms with Crippen molar-refractivity contribution in [2.75, 3.05) is 25.6 Å². The summed E-state index contributed by atoms with van der Waals surface area (Å²) in [5, 5.41) is 23.6. The van der Waals surface area contributed by atoms with E-state index in [1.165, 1.54) is 13.2 Å². The second-order valence-electron chi connectivity index (χ2n) is 4.86. The molecule has 6 nitrogen and oxygen atoms in total. The van der Waals surface area contributed by atoms with Crippen LogP contribution in [0.3, 0.4) is 0 Å². The summed E-state index contributed by atoms with van der Waals surface area (Å²) < 4.78 is 4.96. The first kappa shape index (κ1) is 16.2. The second kappa shape index (κ2) is 7.09. The highest BCUT2D eigenvalue weighted by Crippen LogP contribution is 2.31. The highest BCUT2D eigenvalue weighted by molar-refractivity contribution is 5.58. The Hall–Kier alpha value is -1.82. The van der Waals surface area contributed by atoms with E-state index < -0.39 is 4.92 Å². The van der Waals surface area contributed by atoms with E-state index in [0.717, 1.165) is 12.8 Å². The van der Waals surface area contributed by atoms with Gasteiger partial charge in [0, 0.05) is 23.7 Å². The van der Waals surface area contributed by atoms with Gasteiger partial charge in [-0.1, -0.05) is 13.8 Å². The van der Waals surface area contributed by atoms with Gasteiger partial charge in [-0.2, -0.15) is 0 Å². The first-order chi connectivity index (χ1) is 9.51. The molecule has 0 unspecified atom stereocenters. The molecule has 0 bridgehead atoms. The van der Waals surface area contributed by atoms with Crippen LogP contribution < -0.4 is 10.1 Å². The van der Waals surface area contributed by atoms with Gasteiger partial charge in [0.25, 0.3) is 0 Å². The third-order valence-electron chi connectivity index (χ3n) is 3.88. The highest BCUT2D eigenvalue weighted by atomic mass is 16.6. The summed E-state index contributed by atoms with van der Waals surface area (Å²) in [6, 6.07) is 4.75. The third kappa shape index (κ3) is 3.60. The Kier molecular flexibility index (Phi) is 5.76. The minimum absolute atomic E-state index is 0.0694. The maximum absolute atomic E-state index is 11.0. The predicted molar refractivity (Wildman–Crippen MR) is 78.2 cm³/mol. The Morgan fingerprint density at radius 2 is 2.05 bits per heavy atom. The lowest BCUT2D eigenvalue weighted by molar-refractivity contribution is -0.385. The zero-order chi connectivity index (χ0) is 15.2. The summed E-state index contributed by atoms with van der Waals surface area (Å²) in [7, 11) is 1.40. The number of methoxy groups -OCH3 is 1. The summed E-state index contributed by atoms with van der Waals surface area (Å²) in [5.41, 5.74) is 0.381. The molecule has 1 aromatic carbocycles. The van der Waals surface area contributed by atoms with Gasteiger partial charge in [0.1, 0.15) is 0 Å². The molecule has 0 aliphatic carbocycles. The molecule has 2 N–H and O–H groups in total. The number of benzene rings is 1. The van der Waals surface area contributed by atoms with E-state index in [4.69, 9.17) is 4.74 Å². The molecule has 0 aliphatic rings. The number of ether oxygens (including phenoxy) is 1. The Morgan fingerprint density at radius 1 is 1.40 bits per heavy atom. The Morgan fingerprint density at radius 3 is 2.50 bits per heavy atom. The molecule has 0 saturated carbocycles. The highest BCUT2D eigenvalue weighted by Gasteiger charge is 2.25. The van der Waals surface area contributed by atoms with Gasteiger partial charge in [0.05, 0.1) is 18.6 Å². The largest absolute Gasteiger partial charge is 0.490 e. The van der Waals surface area contributed by atoms with Gasteiger partial charge in [-0.15, -0.1) is 0 Å². The van der Waals surface area contributed by atoms with Crippen molar-refractivity contribution in [2.45, 2.75) is 26.7 Å². The van der Waals surface area contributed by atoms with Crippen molar-refractivity contribution in [1.29, 1.82) is 0 Å². The van der Waals surface area contributed by atoms with E-state index in [0.29, 0.717) is 12.2 Å². The number of hydrogen-bond acceptors (Lipinski definition) is 5. The van der Waals surface area contributed by atoms with Gasteiger partial charge in [0.2, 0.25) is 0 Å². The van der Waals surface area contributed by atoms with Gasteiger partial charge in [-0.25, -0.2) is 0 Å². The lowest BCUT2D eigenvalue weighted by Crippen LogP contribution is -2.32. The molecule has 112 valence electrons. The van der Waals surface area contributed by atoms with E-state index in [2.05, 4.69) is 5.32 Å². The van der Waals surface area contributed by atoms with Crippen LogP contribution in [0.25, 0.3) is 0 Å². The normalized spacial score (nSPS) is 11.2. The fourth-order valence-corrected chi connectivity index (χ4v) is 2.01. The molecule has 1 aromatic rings. The molecule has 0 radical (unpaired) electrons. The molecule has 0 saturated heterocycles. The molecule has 0 aliphatic heterocycles. The van der Waals surface area contributed by atoms with Gasteiger partial charge >= 0.3 is 5.69 Å². The van der Waals surface area contributed by atoms with Crippen LogP contribution in [0.1, 0.15) is 26.7 Å². The van der Waals surface area contributed by atoms with Crippen molar-refractivity contribution in [3.8, 4) is 5.75 Å². The average molecular weight is 282 g/mol. The van der Waals surface area contributed by atoms with Crippen LogP contribution >= 0.6 is 0 Å². The number of nitrogens with one attached hydrogen (secondary N) is 1. The van der Waals surface area contributed by atoms with E-state index in [1.54, 1.807) is 12.1 Å². The quantitative estimate of drug-likeness (QED) is 0.565. The molecule has 6 heteroatoms. The molecule has 1 rings (SSSR count). The number of anilines is 1. The van der Waals surface area contributed by atoms with Crippen LogP contribution in [0.5, 0.6) is 5.75 Å². The molecular formula is C14H22N2O4. The zero-order valence-electron chi connectivity index (χ0n) is 12.2. The summed E-state index contributed by atoms with van der Waals surface area (Å²) in [6.45, 7) is 4.71. The fourth-order valence-electron chi connectivity index (χ4n) is 2.01. The smallest absolute Gasteiger partial charge is 0.312 e. The predicted octanol–water partition coefficient (Wildman–Crippen LogP) is 2.81. The summed E-state index contributed by atoms with van der Waals surface area (Å²) >= 11 is 0. The van der Waals surface area contributed by atoms with Crippen LogP contribution in [0.15, 0.2) is 18.2 Å². The molecule has 20 heavy (non-hydrogen) atoms.